The van der Waals surface area contributed by atoms with Crippen LogP contribution in [-0.4, -0.2) is 47.7 Å². The van der Waals surface area contributed by atoms with Crippen molar-refractivity contribution in [2.24, 2.45) is 11.8 Å². The van der Waals surface area contributed by atoms with E-state index in [1.54, 1.807) is 48.5 Å². The monoisotopic (exact) mass is 529 g/mol. The molecule has 7 rings (SSSR count). The van der Waals surface area contributed by atoms with Crippen molar-refractivity contribution < 1.29 is 48.0 Å². The van der Waals surface area contributed by atoms with Crippen molar-refractivity contribution in [1.29, 1.82) is 0 Å². The molecule has 1 spiro atoms. The number of carbonyl (C=O) groups excluding carboxylic acids is 3. The molecule has 0 aromatic heterocycles. The molecule has 4 aliphatic rings. The molecule has 0 radical (unpaired) electrons. The minimum atomic E-state index is -2.42. The number of rotatable bonds is 4. The van der Waals surface area contributed by atoms with Gasteiger partial charge in [-0.1, -0.05) is 30.3 Å². The van der Waals surface area contributed by atoms with Crippen LogP contribution in [0.15, 0.2) is 60.7 Å². The van der Waals surface area contributed by atoms with Gasteiger partial charge in [0, 0.05) is 22.9 Å². The van der Waals surface area contributed by atoms with Crippen LogP contribution in [0, 0.1) is 11.8 Å². The summed E-state index contributed by atoms with van der Waals surface area (Å²) >= 11 is 0. The number of hydrogen-bond donors (Lipinski definition) is 2. The van der Waals surface area contributed by atoms with Crippen molar-refractivity contribution in [3.05, 3.63) is 77.4 Å². The molecule has 11 heteroatoms. The summed E-state index contributed by atoms with van der Waals surface area (Å²) in [5, 5.41) is 13.2. The summed E-state index contributed by atoms with van der Waals surface area (Å²) in [6.07, 6.45) is -1.28. The van der Waals surface area contributed by atoms with Gasteiger partial charge in [0.15, 0.2) is 23.0 Å². The Bertz CT molecular complexity index is 1560. The van der Waals surface area contributed by atoms with E-state index in [9.17, 15) is 24.3 Å². The Labute approximate surface area is 220 Å². The van der Waals surface area contributed by atoms with E-state index in [1.165, 1.54) is 12.1 Å². The Kier molecular flexibility index (Phi) is 4.95. The zero-order valence-corrected chi connectivity index (χ0v) is 20.0. The van der Waals surface area contributed by atoms with E-state index >= 15 is 0 Å². The maximum absolute atomic E-state index is 13.9. The number of carboxylic acids is 1. The molecule has 0 saturated carbocycles. The highest BCUT2D eigenvalue weighted by Gasteiger charge is 2.71. The van der Waals surface area contributed by atoms with Gasteiger partial charge in [0.1, 0.15) is 5.92 Å². The van der Waals surface area contributed by atoms with Gasteiger partial charge < -0.3 is 34.1 Å². The molecule has 3 aliphatic heterocycles. The van der Waals surface area contributed by atoms with Crippen LogP contribution in [0.3, 0.4) is 0 Å². The van der Waals surface area contributed by atoms with Gasteiger partial charge in [0.2, 0.25) is 36.7 Å². The highest BCUT2D eigenvalue weighted by Crippen LogP contribution is 2.55. The molecule has 11 nitrogen and oxygen atoms in total. The van der Waals surface area contributed by atoms with Crippen LogP contribution in [0.5, 0.6) is 23.0 Å². The first-order valence-corrected chi connectivity index (χ1v) is 12.1. The Hall–Kier alpha value is -4.90. The first-order chi connectivity index (χ1) is 18.9. The first-order valence-electron chi connectivity index (χ1n) is 12.1. The number of benzene rings is 3. The van der Waals surface area contributed by atoms with Gasteiger partial charge in [-0.25, -0.2) is 0 Å². The van der Waals surface area contributed by atoms with Crippen molar-refractivity contribution in [2.45, 2.75) is 11.7 Å². The fourth-order valence-corrected chi connectivity index (χ4v) is 5.73. The largest absolute Gasteiger partial charge is 0.481 e. The van der Waals surface area contributed by atoms with Gasteiger partial charge in [-0.15, -0.1) is 0 Å². The van der Waals surface area contributed by atoms with Crippen molar-refractivity contribution in [3.8, 4) is 23.0 Å². The summed E-state index contributed by atoms with van der Waals surface area (Å²) in [6.45, 7) is 0.0239. The molecule has 39 heavy (non-hydrogen) atoms. The van der Waals surface area contributed by atoms with Crippen LogP contribution in [0.2, 0.25) is 0 Å². The topological polar surface area (TPSA) is 147 Å². The summed E-state index contributed by atoms with van der Waals surface area (Å²) in [6, 6.07) is 15.5. The quantitative estimate of drug-likeness (QED) is 0.484. The predicted octanol–water partition coefficient (Wildman–Crippen LogP) is 2.99. The van der Waals surface area contributed by atoms with Gasteiger partial charge >= 0.3 is 5.97 Å². The lowest BCUT2D eigenvalue weighted by Crippen LogP contribution is -2.52. The number of aliphatic carboxylic acids is 1. The van der Waals surface area contributed by atoms with Crippen LogP contribution in [0.1, 0.15) is 32.4 Å². The average molecular weight is 529 g/mol. The van der Waals surface area contributed by atoms with E-state index in [4.69, 9.17) is 23.7 Å². The average Bonchev–Trinajstić information content (AvgIpc) is 3.71. The second kappa shape index (κ2) is 8.30. The number of hydrogen-bond acceptors (Lipinski definition) is 9. The van der Waals surface area contributed by atoms with E-state index in [0.717, 1.165) is 0 Å². The molecule has 3 heterocycles. The lowest BCUT2D eigenvalue weighted by molar-refractivity contribution is -0.147. The van der Waals surface area contributed by atoms with Gasteiger partial charge in [-0.05, 0) is 29.8 Å². The molecule has 1 aliphatic carbocycles. The van der Waals surface area contributed by atoms with Crippen molar-refractivity contribution in [1.82, 2.24) is 0 Å². The second-order valence-corrected chi connectivity index (χ2v) is 9.49. The predicted molar refractivity (Wildman–Crippen MR) is 130 cm³/mol. The van der Waals surface area contributed by atoms with Gasteiger partial charge in [0.05, 0.1) is 12.0 Å². The third-order valence-corrected chi connectivity index (χ3v) is 7.46. The second-order valence-electron chi connectivity index (χ2n) is 9.49. The number of ether oxygens (including phenoxy) is 5. The van der Waals surface area contributed by atoms with E-state index in [2.05, 4.69) is 5.32 Å². The third kappa shape index (κ3) is 3.26. The molecule has 3 unspecified atom stereocenters. The van der Waals surface area contributed by atoms with Gasteiger partial charge in [-0.3, -0.25) is 19.2 Å². The SMILES string of the molecule is O=C(Nc1ccc2c(c1)OCO2)C1C(c2ccc3c(c2)OCO3)OC2(C(=O)c3ccccc3C2=O)C1C(=O)O. The van der Waals surface area contributed by atoms with Gasteiger partial charge in [-0.2, -0.15) is 0 Å². The highest BCUT2D eigenvalue weighted by molar-refractivity contribution is 6.34. The molecule has 1 saturated heterocycles. The minimum absolute atomic E-state index is 0.00763. The Morgan fingerprint density at radius 1 is 0.795 bits per heavy atom. The lowest BCUT2D eigenvalue weighted by Gasteiger charge is -2.25. The number of Topliss-reactive ketones (excluding diaryl/α,β-unsaturated/α-hetero) is 2. The molecule has 3 aromatic carbocycles. The van der Waals surface area contributed by atoms with Crippen LogP contribution >= 0.6 is 0 Å². The maximum Gasteiger partial charge on any atom is 0.311 e. The fraction of sp³-hybridized carbons (Fsp3) is 0.214. The standard InChI is InChI=1S/C28H19NO10/c30-24-15-3-1-2-4-16(15)25(31)28(24)22(27(33)34)21(23(39-28)13-5-7-17-19(9-13)37-11-35-17)26(32)29-14-6-8-18-20(10-14)38-12-36-18/h1-10,21-23H,11-12H2,(H,29,32)(H,33,34). The lowest BCUT2D eigenvalue weighted by atomic mass is 9.75. The van der Waals surface area contributed by atoms with E-state index in [0.29, 0.717) is 34.2 Å². The number of carbonyl (C=O) groups is 4. The summed E-state index contributed by atoms with van der Waals surface area (Å²) in [5.41, 5.74) is -1.66. The molecule has 3 atom stereocenters. The molecule has 2 N–H and O–H groups in total. The Morgan fingerprint density at radius 3 is 2.03 bits per heavy atom. The molecular weight excluding hydrogens is 510 g/mol. The van der Waals surface area contributed by atoms with Crippen molar-refractivity contribution in [2.75, 3.05) is 18.9 Å². The first kappa shape index (κ1) is 23.2. The minimum Gasteiger partial charge on any atom is -0.481 e. The molecule has 196 valence electrons. The van der Waals surface area contributed by atoms with Crippen LogP contribution in [0.4, 0.5) is 5.69 Å². The summed E-state index contributed by atoms with van der Waals surface area (Å²) in [4.78, 5) is 54.2. The Balaban J connectivity index is 1.34. The molecule has 3 aromatic rings. The Morgan fingerprint density at radius 2 is 1.38 bits per heavy atom. The summed E-state index contributed by atoms with van der Waals surface area (Å²) < 4.78 is 27.7. The molecule has 1 amide bonds. The van der Waals surface area contributed by atoms with E-state index < -0.39 is 47.0 Å². The molecular formula is C28H19NO10. The summed E-state index contributed by atoms with van der Waals surface area (Å²) in [5.74, 6) is -5.42. The summed E-state index contributed by atoms with van der Waals surface area (Å²) in [7, 11) is 0. The number of nitrogens with one attached hydrogen (secondary N) is 1. The smallest absolute Gasteiger partial charge is 0.311 e. The number of ketones is 2. The molecule has 1 fully saturated rings. The zero-order valence-electron chi connectivity index (χ0n) is 20.0. The van der Waals surface area contributed by atoms with Crippen LogP contribution in [0.25, 0.3) is 0 Å². The zero-order chi connectivity index (χ0) is 26.9. The number of carboxylic acid groups (broad SMARTS) is 1. The van der Waals surface area contributed by atoms with E-state index in [1.807, 2.05) is 0 Å². The van der Waals surface area contributed by atoms with Gasteiger partial charge in [0.25, 0.3) is 0 Å². The number of amides is 1. The number of fused-ring (bicyclic) bond motifs is 3. The third-order valence-electron chi connectivity index (χ3n) is 7.46. The number of anilines is 1. The van der Waals surface area contributed by atoms with Crippen molar-refractivity contribution in [3.63, 3.8) is 0 Å². The highest BCUT2D eigenvalue weighted by atomic mass is 16.7. The fourth-order valence-electron chi connectivity index (χ4n) is 5.73. The normalized spacial score (nSPS) is 23.2. The van der Waals surface area contributed by atoms with Crippen molar-refractivity contribution >= 4 is 29.1 Å². The van der Waals surface area contributed by atoms with Crippen LogP contribution in [-0.2, 0) is 14.3 Å². The van der Waals surface area contributed by atoms with Crippen LogP contribution < -0.4 is 24.3 Å². The maximum atomic E-state index is 13.9. The molecule has 0 bridgehead atoms. The van der Waals surface area contributed by atoms with E-state index in [-0.39, 0.29) is 24.7 Å².